The molecule has 1 unspecified atom stereocenters. The first-order chi connectivity index (χ1) is 10.6. The van der Waals surface area contributed by atoms with Crippen LogP contribution in [-0.4, -0.2) is 22.9 Å². The number of hydrogen-bond acceptors (Lipinski definition) is 6. The van der Waals surface area contributed by atoms with Crippen molar-refractivity contribution in [3.05, 3.63) is 63.9 Å². The Labute approximate surface area is 124 Å². The van der Waals surface area contributed by atoms with E-state index in [9.17, 15) is 14.9 Å². The van der Waals surface area contributed by atoms with Gasteiger partial charge < -0.3 is 0 Å². The molecule has 8 nitrogen and oxygen atoms in total. The SMILES string of the molecule is NNC(=O)C1(c2ccc([N+](=O)[O-])cc2)C=CC=C2N=CN=C21. The summed E-state index contributed by atoms with van der Waals surface area (Å²) in [6.45, 7) is 0. The average molecular weight is 297 g/mol. The molecule has 8 heteroatoms. The highest BCUT2D eigenvalue weighted by Gasteiger charge is 2.46. The van der Waals surface area contributed by atoms with E-state index >= 15 is 0 Å². The standard InChI is InChI=1S/C14H11N5O3/c15-18-13(20)14(7-1-2-11-12(14)17-8-16-11)9-3-5-10(6-4-9)19(21)22/h1-8H,15H2,(H,18,20). The maximum Gasteiger partial charge on any atom is 0.269 e. The van der Waals surface area contributed by atoms with Gasteiger partial charge in [0.15, 0.2) is 0 Å². The van der Waals surface area contributed by atoms with E-state index in [4.69, 9.17) is 5.84 Å². The number of nitro groups is 1. The van der Waals surface area contributed by atoms with Crippen molar-refractivity contribution in [1.82, 2.24) is 5.43 Å². The number of carbonyl (C=O) groups is 1. The van der Waals surface area contributed by atoms with Crippen LogP contribution in [0.5, 0.6) is 0 Å². The summed E-state index contributed by atoms with van der Waals surface area (Å²) < 4.78 is 0. The first kappa shape index (κ1) is 13.8. The summed E-state index contributed by atoms with van der Waals surface area (Å²) in [6, 6.07) is 5.70. The second-order valence-corrected chi connectivity index (χ2v) is 4.72. The number of carbonyl (C=O) groups excluding carboxylic acids is 1. The van der Waals surface area contributed by atoms with Crippen LogP contribution in [-0.2, 0) is 10.2 Å². The van der Waals surface area contributed by atoms with Crippen molar-refractivity contribution in [3.8, 4) is 0 Å². The van der Waals surface area contributed by atoms with Gasteiger partial charge in [-0.15, -0.1) is 0 Å². The maximum atomic E-state index is 12.5. The molecule has 1 aromatic rings. The fourth-order valence-corrected chi connectivity index (χ4v) is 2.57. The molecule has 110 valence electrons. The fraction of sp³-hybridized carbons (Fsp3) is 0.0714. The number of aliphatic imine (C=N–C) groups is 2. The third kappa shape index (κ3) is 1.85. The second kappa shape index (κ2) is 5.01. The van der Waals surface area contributed by atoms with Gasteiger partial charge in [-0.1, -0.05) is 24.3 Å². The van der Waals surface area contributed by atoms with Crippen LogP contribution in [0.15, 0.2) is 58.2 Å². The van der Waals surface area contributed by atoms with Crippen molar-refractivity contribution in [3.63, 3.8) is 0 Å². The first-order valence-corrected chi connectivity index (χ1v) is 6.36. The van der Waals surface area contributed by atoms with Crippen LogP contribution in [0.25, 0.3) is 0 Å². The molecule has 22 heavy (non-hydrogen) atoms. The van der Waals surface area contributed by atoms with Gasteiger partial charge in [-0.05, 0) is 11.6 Å². The van der Waals surface area contributed by atoms with Crippen LogP contribution in [0.1, 0.15) is 5.56 Å². The Morgan fingerprint density at radius 3 is 2.68 bits per heavy atom. The molecule has 0 aromatic heterocycles. The zero-order valence-corrected chi connectivity index (χ0v) is 11.3. The highest BCUT2D eigenvalue weighted by molar-refractivity contribution is 6.26. The maximum absolute atomic E-state index is 12.5. The molecule has 3 N–H and O–H groups in total. The summed E-state index contributed by atoms with van der Waals surface area (Å²) in [5.41, 5.74) is 2.33. The Bertz CT molecular complexity index is 776. The Balaban J connectivity index is 2.16. The van der Waals surface area contributed by atoms with Crippen molar-refractivity contribution in [2.45, 2.75) is 5.41 Å². The number of amides is 1. The van der Waals surface area contributed by atoms with Gasteiger partial charge in [-0.25, -0.2) is 15.8 Å². The third-order valence-electron chi connectivity index (χ3n) is 3.62. The highest BCUT2D eigenvalue weighted by atomic mass is 16.6. The molecule has 1 atom stereocenters. The lowest BCUT2D eigenvalue weighted by Gasteiger charge is -2.31. The average Bonchev–Trinajstić information content (AvgIpc) is 3.03. The predicted molar refractivity (Wildman–Crippen MR) is 80.3 cm³/mol. The number of nitrogens with one attached hydrogen (secondary N) is 1. The van der Waals surface area contributed by atoms with Crippen molar-refractivity contribution >= 4 is 23.6 Å². The van der Waals surface area contributed by atoms with E-state index in [1.807, 2.05) is 0 Å². The van der Waals surface area contributed by atoms with E-state index in [0.717, 1.165) is 0 Å². The van der Waals surface area contributed by atoms with Gasteiger partial charge >= 0.3 is 0 Å². The molecule has 0 spiro atoms. The summed E-state index contributed by atoms with van der Waals surface area (Å²) in [5, 5.41) is 10.8. The minimum Gasteiger partial charge on any atom is -0.293 e. The number of rotatable bonds is 3. The Kier molecular flexibility index (Phi) is 3.15. The summed E-state index contributed by atoms with van der Waals surface area (Å²) in [4.78, 5) is 31.0. The number of non-ortho nitro benzene ring substituents is 1. The van der Waals surface area contributed by atoms with E-state index < -0.39 is 16.2 Å². The Morgan fingerprint density at radius 1 is 1.32 bits per heavy atom. The molecule has 1 aromatic carbocycles. The van der Waals surface area contributed by atoms with Crippen LogP contribution in [0, 0.1) is 10.1 Å². The van der Waals surface area contributed by atoms with Crippen LogP contribution >= 0.6 is 0 Å². The molecule has 0 saturated heterocycles. The van der Waals surface area contributed by atoms with E-state index in [2.05, 4.69) is 15.4 Å². The monoisotopic (exact) mass is 297 g/mol. The zero-order valence-electron chi connectivity index (χ0n) is 11.3. The largest absolute Gasteiger partial charge is 0.293 e. The number of nitrogens with two attached hydrogens (primary N) is 1. The molecular weight excluding hydrogens is 286 g/mol. The third-order valence-corrected chi connectivity index (χ3v) is 3.62. The number of fused-ring (bicyclic) bond motifs is 1. The number of allylic oxidation sites excluding steroid dienone is 3. The molecule has 1 aliphatic heterocycles. The lowest BCUT2D eigenvalue weighted by molar-refractivity contribution is -0.384. The Morgan fingerprint density at radius 2 is 2.05 bits per heavy atom. The van der Waals surface area contributed by atoms with E-state index in [0.29, 0.717) is 17.0 Å². The minimum absolute atomic E-state index is 0.0628. The lowest BCUT2D eigenvalue weighted by atomic mass is 9.72. The van der Waals surface area contributed by atoms with Gasteiger partial charge in [0, 0.05) is 12.1 Å². The van der Waals surface area contributed by atoms with Gasteiger partial charge in [-0.3, -0.25) is 20.3 Å². The van der Waals surface area contributed by atoms with Gasteiger partial charge in [0.2, 0.25) is 0 Å². The van der Waals surface area contributed by atoms with Crippen molar-refractivity contribution in [1.29, 1.82) is 0 Å². The van der Waals surface area contributed by atoms with E-state index in [-0.39, 0.29) is 5.69 Å². The van der Waals surface area contributed by atoms with Crippen molar-refractivity contribution in [2.24, 2.45) is 15.8 Å². The predicted octanol–water partition coefficient (Wildman–Crippen LogP) is 0.759. The van der Waals surface area contributed by atoms with Crippen molar-refractivity contribution < 1.29 is 9.72 Å². The molecule has 2 aliphatic rings. The molecule has 1 aliphatic carbocycles. The summed E-state index contributed by atoms with van der Waals surface area (Å²) in [5.74, 6) is 4.84. The quantitative estimate of drug-likeness (QED) is 0.370. The van der Waals surface area contributed by atoms with Gasteiger partial charge in [-0.2, -0.15) is 0 Å². The van der Waals surface area contributed by atoms with Crippen LogP contribution < -0.4 is 11.3 Å². The van der Waals surface area contributed by atoms with Gasteiger partial charge in [0.05, 0.1) is 16.3 Å². The smallest absolute Gasteiger partial charge is 0.269 e. The lowest BCUT2D eigenvalue weighted by Crippen LogP contribution is -2.51. The van der Waals surface area contributed by atoms with Gasteiger partial charge in [0.25, 0.3) is 11.6 Å². The van der Waals surface area contributed by atoms with Crippen LogP contribution in [0.4, 0.5) is 5.69 Å². The zero-order chi connectivity index (χ0) is 15.7. The number of nitro benzene ring substituents is 1. The van der Waals surface area contributed by atoms with Crippen LogP contribution in [0.3, 0.4) is 0 Å². The molecule has 1 amide bonds. The minimum atomic E-state index is -1.26. The Hall–Kier alpha value is -3.13. The molecule has 1 heterocycles. The summed E-state index contributed by atoms with van der Waals surface area (Å²) in [7, 11) is 0. The fourth-order valence-electron chi connectivity index (χ4n) is 2.57. The molecule has 0 saturated carbocycles. The normalized spacial score (nSPS) is 21.9. The second-order valence-electron chi connectivity index (χ2n) is 4.72. The number of benzene rings is 1. The molecule has 3 rings (SSSR count). The molecule has 0 fully saturated rings. The molecule has 0 bridgehead atoms. The number of hydrogen-bond donors (Lipinski definition) is 2. The summed E-state index contributed by atoms with van der Waals surface area (Å²) in [6.07, 6.45) is 6.43. The highest BCUT2D eigenvalue weighted by Crippen LogP contribution is 2.36. The first-order valence-electron chi connectivity index (χ1n) is 6.36. The number of nitrogens with zero attached hydrogens (tertiary/aromatic N) is 3. The number of hydrazine groups is 1. The molecular formula is C14H11N5O3. The molecule has 0 radical (unpaired) electrons. The summed E-state index contributed by atoms with van der Waals surface area (Å²) >= 11 is 0. The topological polar surface area (TPSA) is 123 Å². The van der Waals surface area contributed by atoms with Gasteiger partial charge in [0.1, 0.15) is 11.8 Å². The van der Waals surface area contributed by atoms with E-state index in [1.54, 1.807) is 18.2 Å². The van der Waals surface area contributed by atoms with Crippen molar-refractivity contribution in [2.75, 3.05) is 0 Å². The van der Waals surface area contributed by atoms with E-state index in [1.165, 1.54) is 30.6 Å². The van der Waals surface area contributed by atoms with Crippen LogP contribution in [0.2, 0.25) is 0 Å².